The Kier molecular flexibility index (Phi) is 8.72. The van der Waals surface area contributed by atoms with Crippen molar-refractivity contribution in [3.63, 3.8) is 0 Å². The summed E-state index contributed by atoms with van der Waals surface area (Å²) in [5.41, 5.74) is 2.36. The van der Waals surface area contributed by atoms with Crippen LogP contribution in [0.15, 0.2) is 53.4 Å². The van der Waals surface area contributed by atoms with Gasteiger partial charge in [0.25, 0.3) is 5.91 Å². The number of nitrogens with one attached hydrogen (secondary N) is 2. The van der Waals surface area contributed by atoms with Crippen molar-refractivity contribution < 1.29 is 18.0 Å². The smallest absolute Gasteiger partial charge is 0.252 e. The first-order valence-electron chi connectivity index (χ1n) is 12.2. The number of rotatable bonds is 8. The third-order valence-corrected chi connectivity index (χ3v) is 8.87. The number of nitrogens with zero attached hydrogens (tertiary/aromatic N) is 1. The van der Waals surface area contributed by atoms with Crippen molar-refractivity contribution in [2.24, 2.45) is 11.8 Å². The van der Waals surface area contributed by atoms with Gasteiger partial charge in [-0.1, -0.05) is 49.7 Å². The summed E-state index contributed by atoms with van der Waals surface area (Å²) in [6.45, 7) is 10.4. The lowest BCUT2D eigenvalue weighted by Gasteiger charge is -2.36. The Balaban J connectivity index is 1.76. The lowest BCUT2D eigenvalue weighted by atomic mass is 9.88. The Morgan fingerprint density at radius 3 is 2.09 bits per heavy atom. The minimum absolute atomic E-state index is 0.0534. The summed E-state index contributed by atoms with van der Waals surface area (Å²) in [4.78, 5) is 26.6. The monoisotopic (exact) mass is 499 g/mol. The molecule has 2 aromatic carbocycles. The molecule has 2 aromatic rings. The van der Waals surface area contributed by atoms with Crippen LogP contribution >= 0.6 is 0 Å². The highest BCUT2D eigenvalue weighted by Crippen LogP contribution is 2.27. The van der Waals surface area contributed by atoms with E-state index in [0.717, 1.165) is 11.1 Å². The number of carbonyl (C=O) groups excluding carboxylic acids is 2. The van der Waals surface area contributed by atoms with Gasteiger partial charge in [0.05, 0.1) is 4.90 Å². The van der Waals surface area contributed by atoms with Gasteiger partial charge in [-0.25, -0.2) is 8.42 Å². The maximum Gasteiger partial charge on any atom is 0.252 e. The summed E-state index contributed by atoms with van der Waals surface area (Å²) in [5.74, 6) is -0.455. The lowest BCUT2D eigenvalue weighted by Crippen LogP contribution is -2.55. The second-order valence-electron chi connectivity index (χ2n) is 9.86. The van der Waals surface area contributed by atoms with E-state index in [2.05, 4.69) is 10.6 Å². The Hall–Kier alpha value is -2.71. The molecule has 0 unspecified atom stereocenters. The van der Waals surface area contributed by atoms with Gasteiger partial charge in [-0.05, 0) is 69.2 Å². The molecule has 0 bridgehead atoms. The van der Waals surface area contributed by atoms with Crippen LogP contribution in [0.5, 0.6) is 0 Å². The molecule has 2 atom stereocenters. The molecule has 2 amide bonds. The minimum Gasteiger partial charge on any atom is -0.352 e. The zero-order chi connectivity index (χ0) is 25.8. The van der Waals surface area contributed by atoms with E-state index in [1.807, 2.05) is 46.8 Å². The standard InChI is InChI=1S/C27H37N3O4S/c1-18(2)21(5)28-27(32)25(29-26(31)24-9-7-6-8-20(24)4)22-14-16-30(17-15-22)35(33,34)23-12-10-19(3)11-13-23/h6-13,18,21-22,25H,14-17H2,1-5H3,(H,28,32)(H,29,31)/t21-,25+/m0/s1. The van der Waals surface area contributed by atoms with E-state index < -0.39 is 16.1 Å². The van der Waals surface area contributed by atoms with E-state index in [4.69, 9.17) is 0 Å². The number of sulfonamides is 1. The molecule has 0 aliphatic carbocycles. The molecule has 1 heterocycles. The van der Waals surface area contributed by atoms with Crippen molar-refractivity contribution in [3.8, 4) is 0 Å². The van der Waals surface area contributed by atoms with Crippen LogP contribution in [0.2, 0.25) is 0 Å². The van der Waals surface area contributed by atoms with E-state index >= 15 is 0 Å². The number of hydrogen-bond donors (Lipinski definition) is 2. The van der Waals surface area contributed by atoms with E-state index in [1.54, 1.807) is 36.4 Å². The molecule has 1 saturated heterocycles. The molecular formula is C27H37N3O4S. The summed E-state index contributed by atoms with van der Waals surface area (Å²) in [5, 5.41) is 6.00. The molecule has 3 rings (SSSR count). The van der Waals surface area contributed by atoms with Gasteiger partial charge in [-0.15, -0.1) is 0 Å². The highest BCUT2D eigenvalue weighted by molar-refractivity contribution is 7.89. The minimum atomic E-state index is -3.60. The molecule has 2 N–H and O–H groups in total. The SMILES string of the molecule is Cc1ccc(S(=O)(=O)N2CCC([C@@H](NC(=O)c3ccccc3C)C(=O)N[C@@H](C)C(C)C)CC2)cc1. The lowest BCUT2D eigenvalue weighted by molar-refractivity contribution is -0.125. The van der Waals surface area contributed by atoms with Gasteiger partial charge in [-0.2, -0.15) is 4.31 Å². The summed E-state index contributed by atoms with van der Waals surface area (Å²) in [6, 6.07) is 13.3. The Bertz CT molecular complexity index is 1140. The summed E-state index contributed by atoms with van der Waals surface area (Å²) in [6.07, 6.45) is 0.959. The van der Waals surface area contributed by atoms with Gasteiger partial charge < -0.3 is 10.6 Å². The summed E-state index contributed by atoms with van der Waals surface area (Å²) >= 11 is 0. The maximum atomic E-state index is 13.3. The summed E-state index contributed by atoms with van der Waals surface area (Å²) < 4.78 is 27.7. The molecular weight excluding hydrogens is 462 g/mol. The second kappa shape index (κ2) is 11.4. The van der Waals surface area contributed by atoms with Gasteiger partial charge in [0, 0.05) is 24.7 Å². The number of benzene rings is 2. The van der Waals surface area contributed by atoms with Gasteiger partial charge in [-0.3, -0.25) is 9.59 Å². The molecule has 0 aromatic heterocycles. The van der Waals surface area contributed by atoms with Gasteiger partial charge in [0.2, 0.25) is 15.9 Å². The van der Waals surface area contributed by atoms with Crippen molar-refractivity contribution in [1.29, 1.82) is 0 Å². The molecule has 8 heteroatoms. The third-order valence-electron chi connectivity index (χ3n) is 6.96. The average Bonchev–Trinajstić information content (AvgIpc) is 2.83. The van der Waals surface area contributed by atoms with Crippen LogP contribution in [0.4, 0.5) is 0 Å². The van der Waals surface area contributed by atoms with E-state index in [-0.39, 0.29) is 34.6 Å². The van der Waals surface area contributed by atoms with Gasteiger partial charge >= 0.3 is 0 Å². The zero-order valence-electron chi connectivity index (χ0n) is 21.2. The molecule has 0 spiro atoms. The molecule has 1 fully saturated rings. The van der Waals surface area contributed by atoms with Crippen molar-refractivity contribution >= 4 is 21.8 Å². The summed E-state index contributed by atoms with van der Waals surface area (Å²) in [7, 11) is -3.60. The van der Waals surface area contributed by atoms with Crippen LogP contribution in [0, 0.1) is 25.7 Å². The predicted molar refractivity (Wildman–Crippen MR) is 138 cm³/mol. The quantitative estimate of drug-likeness (QED) is 0.579. The fraction of sp³-hybridized carbons (Fsp3) is 0.481. The average molecular weight is 500 g/mol. The molecule has 190 valence electrons. The number of hydrogen-bond acceptors (Lipinski definition) is 4. The van der Waals surface area contributed by atoms with E-state index in [0.29, 0.717) is 31.5 Å². The van der Waals surface area contributed by atoms with Crippen LogP contribution in [0.3, 0.4) is 0 Å². The topological polar surface area (TPSA) is 95.6 Å². The highest BCUT2D eigenvalue weighted by atomic mass is 32.2. The Morgan fingerprint density at radius 1 is 0.914 bits per heavy atom. The molecule has 0 saturated carbocycles. The van der Waals surface area contributed by atoms with Gasteiger partial charge in [0.15, 0.2) is 0 Å². The molecule has 1 aliphatic rings. The van der Waals surface area contributed by atoms with Crippen molar-refractivity contribution in [1.82, 2.24) is 14.9 Å². The van der Waals surface area contributed by atoms with Gasteiger partial charge in [0.1, 0.15) is 6.04 Å². The Labute approximate surface area is 209 Å². The third kappa shape index (κ3) is 6.49. The second-order valence-corrected chi connectivity index (χ2v) is 11.8. The number of aryl methyl sites for hydroxylation is 2. The highest BCUT2D eigenvalue weighted by Gasteiger charge is 2.37. The first-order chi connectivity index (χ1) is 16.5. The normalized spacial score (nSPS) is 17.1. The number of piperidine rings is 1. The largest absolute Gasteiger partial charge is 0.352 e. The molecule has 0 radical (unpaired) electrons. The van der Waals surface area contributed by atoms with E-state index in [9.17, 15) is 18.0 Å². The zero-order valence-corrected chi connectivity index (χ0v) is 22.1. The Morgan fingerprint density at radius 2 is 1.51 bits per heavy atom. The fourth-order valence-electron chi connectivity index (χ4n) is 4.23. The predicted octanol–water partition coefficient (Wildman–Crippen LogP) is 3.66. The van der Waals surface area contributed by atoms with Crippen LogP contribution in [-0.4, -0.2) is 49.7 Å². The van der Waals surface area contributed by atoms with Crippen LogP contribution < -0.4 is 10.6 Å². The van der Waals surface area contributed by atoms with Crippen LogP contribution in [0.1, 0.15) is 55.1 Å². The van der Waals surface area contributed by atoms with Crippen molar-refractivity contribution in [2.75, 3.05) is 13.1 Å². The van der Waals surface area contributed by atoms with Crippen LogP contribution in [0.25, 0.3) is 0 Å². The first-order valence-corrected chi connectivity index (χ1v) is 13.7. The van der Waals surface area contributed by atoms with Crippen LogP contribution in [-0.2, 0) is 14.8 Å². The number of carbonyl (C=O) groups is 2. The maximum absolute atomic E-state index is 13.3. The fourth-order valence-corrected chi connectivity index (χ4v) is 5.70. The molecule has 1 aliphatic heterocycles. The molecule has 35 heavy (non-hydrogen) atoms. The van der Waals surface area contributed by atoms with Crippen molar-refractivity contribution in [3.05, 3.63) is 65.2 Å². The molecule has 7 nitrogen and oxygen atoms in total. The van der Waals surface area contributed by atoms with Crippen molar-refractivity contribution in [2.45, 2.75) is 64.4 Å². The first kappa shape index (κ1) is 26.9. The number of amides is 2. The van der Waals surface area contributed by atoms with E-state index in [1.165, 1.54) is 4.31 Å².